The lowest BCUT2D eigenvalue weighted by Crippen LogP contribution is -2.37. The van der Waals surface area contributed by atoms with Crippen LogP contribution in [-0.4, -0.2) is 30.4 Å². The van der Waals surface area contributed by atoms with Crippen LogP contribution < -0.4 is 16.4 Å². The van der Waals surface area contributed by atoms with E-state index in [2.05, 4.69) is 10.6 Å². The molecule has 0 aromatic rings. The van der Waals surface area contributed by atoms with E-state index in [4.69, 9.17) is 5.73 Å². The molecule has 0 spiro atoms. The quantitative estimate of drug-likeness (QED) is 0.568. The van der Waals surface area contributed by atoms with E-state index in [0.717, 1.165) is 25.7 Å². The first-order valence-electron chi connectivity index (χ1n) is 5.89. The normalized spacial score (nSPS) is 16.6. The standard InChI is InChI=1S/C11H21N3O2/c1-8(12)3-2-4-10(15)13-7-11(16)14-9-5-6-9/h8-9H,2-7,12H2,1H3,(H,13,15)(H,14,16). The number of hydrogen-bond donors (Lipinski definition) is 3. The fraction of sp³-hybridized carbons (Fsp3) is 0.818. The Balaban J connectivity index is 1.98. The number of amides is 2. The Bertz CT molecular complexity index is 250. The third kappa shape index (κ3) is 6.40. The summed E-state index contributed by atoms with van der Waals surface area (Å²) in [5.74, 6) is -0.172. The molecule has 92 valence electrons. The molecule has 0 aromatic heterocycles. The Kier molecular flexibility index (Phi) is 5.25. The van der Waals surface area contributed by atoms with Crippen LogP contribution in [0.3, 0.4) is 0 Å². The van der Waals surface area contributed by atoms with E-state index in [9.17, 15) is 9.59 Å². The lowest BCUT2D eigenvalue weighted by Gasteiger charge is -2.06. The predicted octanol–water partition coefficient (Wildman–Crippen LogP) is -0.101. The van der Waals surface area contributed by atoms with Crippen LogP contribution in [0.1, 0.15) is 39.0 Å². The average molecular weight is 227 g/mol. The van der Waals surface area contributed by atoms with Gasteiger partial charge in [-0.3, -0.25) is 9.59 Å². The van der Waals surface area contributed by atoms with Gasteiger partial charge in [0, 0.05) is 18.5 Å². The zero-order valence-electron chi connectivity index (χ0n) is 9.79. The highest BCUT2D eigenvalue weighted by molar-refractivity contribution is 5.84. The van der Waals surface area contributed by atoms with Crippen molar-refractivity contribution in [2.75, 3.05) is 6.54 Å². The molecule has 0 bridgehead atoms. The number of carbonyl (C=O) groups excluding carboxylic acids is 2. The molecule has 1 atom stereocenters. The van der Waals surface area contributed by atoms with Crippen molar-refractivity contribution in [1.82, 2.24) is 10.6 Å². The van der Waals surface area contributed by atoms with Crippen LogP contribution in [0.5, 0.6) is 0 Å². The molecule has 16 heavy (non-hydrogen) atoms. The minimum absolute atomic E-state index is 0.0772. The molecule has 1 unspecified atom stereocenters. The largest absolute Gasteiger partial charge is 0.352 e. The molecule has 1 saturated carbocycles. The molecule has 2 amide bonds. The average Bonchev–Trinajstić information content (AvgIpc) is 2.98. The molecular weight excluding hydrogens is 206 g/mol. The Morgan fingerprint density at radius 1 is 1.38 bits per heavy atom. The van der Waals surface area contributed by atoms with Crippen molar-refractivity contribution in [3.63, 3.8) is 0 Å². The van der Waals surface area contributed by atoms with E-state index in [-0.39, 0.29) is 24.4 Å². The summed E-state index contributed by atoms with van der Waals surface area (Å²) in [6.07, 6.45) is 4.18. The Hall–Kier alpha value is -1.10. The summed E-state index contributed by atoms with van der Waals surface area (Å²) >= 11 is 0. The van der Waals surface area contributed by atoms with E-state index < -0.39 is 0 Å². The Labute approximate surface area is 96.1 Å². The molecule has 0 heterocycles. The summed E-state index contributed by atoms with van der Waals surface area (Å²) < 4.78 is 0. The fourth-order valence-corrected chi connectivity index (χ4v) is 1.36. The molecule has 5 heteroatoms. The zero-order valence-corrected chi connectivity index (χ0v) is 9.79. The molecular formula is C11H21N3O2. The first-order valence-corrected chi connectivity index (χ1v) is 5.89. The second kappa shape index (κ2) is 6.48. The van der Waals surface area contributed by atoms with Gasteiger partial charge < -0.3 is 16.4 Å². The van der Waals surface area contributed by atoms with Gasteiger partial charge in [0.1, 0.15) is 0 Å². The molecule has 0 saturated heterocycles. The Morgan fingerprint density at radius 2 is 2.06 bits per heavy atom. The summed E-state index contributed by atoms with van der Waals surface area (Å²) in [5.41, 5.74) is 5.57. The van der Waals surface area contributed by atoms with Gasteiger partial charge in [-0.05, 0) is 32.6 Å². The van der Waals surface area contributed by atoms with Crippen molar-refractivity contribution in [1.29, 1.82) is 0 Å². The van der Waals surface area contributed by atoms with Crippen LogP contribution >= 0.6 is 0 Å². The molecule has 4 N–H and O–H groups in total. The minimum Gasteiger partial charge on any atom is -0.352 e. The molecule has 0 radical (unpaired) electrons. The van der Waals surface area contributed by atoms with Crippen LogP contribution in [-0.2, 0) is 9.59 Å². The van der Waals surface area contributed by atoms with E-state index in [1.54, 1.807) is 0 Å². The van der Waals surface area contributed by atoms with Gasteiger partial charge in [-0.1, -0.05) is 0 Å². The second-order valence-electron chi connectivity index (χ2n) is 4.49. The number of carbonyl (C=O) groups is 2. The maximum Gasteiger partial charge on any atom is 0.239 e. The number of hydrogen-bond acceptors (Lipinski definition) is 3. The molecule has 0 aliphatic heterocycles. The highest BCUT2D eigenvalue weighted by Gasteiger charge is 2.22. The monoisotopic (exact) mass is 227 g/mol. The summed E-state index contributed by atoms with van der Waals surface area (Å²) in [6.45, 7) is 2.01. The number of rotatable bonds is 7. The molecule has 1 aliphatic rings. The van der Waals surface area contributed by atoms with Crippen LogP contribution in [0, 0.1) is 0 Å². The molecule has 0 aromatic carbocycles. The van der Waals surface area contributed by atoms with Crippen molar-refractivity contribution < 1.29 is 9.59 Å². The smallest absolute Gasteiger partial charge is 0.239 e. The first kappa shape index (κ1) is 13.0. The van der Waals surface area contributed by atoms with Gasteiger partial charge in [-0.2, -0.15) is 0 Å². The molecule has 1 fully saturated rings. The van der Waals surface area contributed by atoms with E-state index in [1.165, 1.54) is 0 Å². The third-order valence-electron chi connectivity index (χ3n) is 2.45. The number of nitrogens with two attached hydrogens (primary N) is 1. The molecule has 1 aliphatic carbocycles. The van der Waals surface area contributed by atoms with Crippen molar-refractivity contribution in [3.05, 3.63) is 0 Å². The Morgan fingerprint density at radius 3 is 2.62 bits per heavy atom. The maximum absolute atomic E-state index is 11.3. The lowest BCUT2D eigenvalue weighted by atomic mass is 10.1. The molecule has 1 rings (SSSR count). The highest BCUT2D eigenvalue weighted by atomic mass is 16.2. The van der Waals surface area contributed by atoms with Gasteiger partial charge in [-0.25, -0.2) is 0 Å². The van der Waals surface area contributed by atoms with Crippen LogP contribution in [0.15, 0.2) is 0 Å². The van der Waals surface area contributed by atoms with E-state index >= 15 is 0 Å². The van der Waals surface area contributed by atoms with Gasteiger partial charge in [0.05, 0.1) is 6.54 Å². The summed E-state index contributed by atoms with van der Waals surface area (Å²) in [6, 6.07) is 0.480. The van der Waals surface area contributed by atoms with Crippen LogP contribution in [0.25, 0.3) is 0 Å². The highest BCUT2D eigenvalue weighted by Crippen LogP contribution is 2.18. The number of nitrogens with one attached hydrogen (secondary N) is 2. The summed E-state index contributed by atoms with van der Waals surface area (Å²) in [5, 5.41) is 5.41. The lowest BCUT2D eigenvalue weighted by molar-refractivity contribution is -0.126. The zero-order chi connectivity index (χ0) is 12.0. The van der Waals surface area contributed by atoms with E-state index in [1.807, 2.05) is 6.92 Å². The minimum atomic E-state index is -0.0944. The molecule has 5 nitrogen and oxygen atoms in total. The first-order chi connectivity index (χ1) is 7.58. The van der Waals surface area contributed by atoms with Gasteiger partial charge in [-0.15, -0.1) is 0 Å². The van der Waals surface area contributed by atoms with Gasteiger partial charge >= 0.3 is 0 Å². The van der Waals surface area contributed by atoms with Gasteiger partial charge in [0.15, 0.2) is 0 Å². The second-order valence-corrected chi connectivity index (χ2v) is 4.49. The van der Waals surface area contributed by atoms with Crippen molar-refractivity contribution in [3.8, 4) is 0 Å². The van der Waals surface area contributed by atoms with Crippen LogP contribution in [0.2, 0.25) is 0 Å². The van der Waals surface area contributed by atoms with Crippen LogP contribution in [0.4, 0.5) is 0 Å². The van der Waals surface area contributed by atoms with E-state index in [0.29, 0.717) is 12.5 Å². The third-order valence-corrected chi connectivity index (χ3v) is 2.45. The van der Waals surface area contributed by atoms with Gasteiger partial charge in [0.2, 0.25) is 11.8 Å². The van der Waals surface area contributed by atoms with Gasteiger partial charge in [0.25, 0.3) is 0 Å². The maximum atomic E-state index is 11.3. The topological polar surface area (TPSA) is 84.2 Å². The summed E-state index contributed by atoms with van der Waals surface area (Å²) in [7, 11) is 0. The SMILES string of the molecule is CC(N)CCCC(=O)NCC(=O)NC1CC1. The van der Waals surface area contributed by atoms with Crippen molar-refractivity contribution >= 4 is 11.8 Å². The van der Waals surface area contributed by atoms with Crippen molar-refractivity contribution in [2.45, 2.75) is 51.1 Å². The fourth-order valence-electron chi connectivity index (χ4n) is 1.36. The summed E-state index contributed by atoms with van der Waals surface area (Å²) in [4.78, 5) is 22.5. The predicted molar refractivity (Wildman–Crippen MR) is 61.7 cm³/mol. The van der Waals surface area contributed by atoms with Crippen molar-refractivity contribution in [2.24, 2.45) is 5.73 Å².